The number of benzene rings is 1. The monoisotopic (exact) mass is 288 g/mol. The second-order valence-electron chi connectivity index (χ2n) is 5.30. The van der Waals surface area contributed by atoms with Gasteiger partial charge in [-0.2, -0.15) is 0 Å². The number of nitrogens with zero attached hydrogens (tertiary/aromatic N) is 1. The second kappa shape index (κ2) is 5.68. The van der Waals surface area contributed by atoms with E-state index in [0.717, 1.165) is 35.1 Å². The smallest absolute Gasteiger partial charge is 0.142 e. The predicted molar refractivity (Wildman–Crippen MR) is 80.0 cm³/mol. The highest BCUT2D eigenvalue weighted by Crippen LogP contribution is 2.38. The van der Waals surface area contributed by atoms with Crippen molar-refractivity contribution in [3.8, 4) is 11.5 Å². The minimum atomic E-state index is 0.225. The minimum Gasteiger partial charge on any atom is -0.492 e. The highest BCUT2D eigenvalue weighted by atomic mass is 16.5. The number of nitrogens with one attached hydrogen (secondary N) is 1. The Labute approximate surface area is 124 Å². The lowest BCUT2D eigenvalue weighted by atomic mass is 10.1. The van der Waals surface area contributed by atoms with Gasteiger partial charge in [-0.25, -0.2) is 0 Å². The number of fused-ring (bicyclic) bond motifs is 1. The molecule has 1 aliphatic rings. The van der Waals surface area contributed by atoms with Gasteiger partial charge in [0, 0.05) is 24.1 Å². The molecule has 1 aromatic carbocycles. The minimum absolute atomic E-state index is 0.225. The van der Waals surface area contributed by atoms with E-state index >= 15 is 0 Å². The van der Waals surface area contributed by atoms with Gasteiger partial charge in [0.05, 0.1) is 18.8 Å². The quantitative estimate of drug-likeness (QED) is 0.914. The Morgan fingerprint density at radius 3 is 2.95 bits per heavy atom. The Hall–Kier alpha value is -2.17. The van der Waals surface area contributed by atoms with Crippen LogP contribution in [0.5, 0.6) is 11.5 Å². The van der Waals surface area contributed by atoms with Crippen LogP contribution in [0.3, 0.4) is 0 Å². The summed E-state index contributed by atoms with van der Waals surface area (Å²) in [6.45, 7) is 7.16. The molecule has 0 saturated carbocycles. The normalized spacial score (nSPS) is 16.4. The van der Waals surface area contributed by atoms with Crippen LogP contribution in [-0.2, 0) is 13.0 Å². The van der Waals surface area contributed by atoms with Gasteiger partial charge in [0.25, 0.3) is 0 Å². The molecule has 5 heteroatoms. The van der Waals surface area contributed by atoms with E-state index in [4.69, 9.17) is 14.0 Å². The first-order valence-electron chi connectivity index (χ1n) is 7.28. The maximum Gasteiger partial charge on any atom is 0.142 e. The fourth-order valence-electron chi connectivity index (χ4n) is 2.54. The predicted octanol–water partition coefficient (Wildman–Crippen LogP) is 3.32. The van der Waals surface area contributed by atoms with Crippen molar-refractivity contribution in [2.45, 2.75) is 39.8 Å². The van der Waals surface area contributed by atoms with Gasteiger partial charge in [-0.1, -0.05) is 5.16 Å². The second-order valence-corrected chi connectivity index (χ2v) is 5.30. The molecule has 5 nitrogen and oxygen atoms in total. The molecule has 1 aliphatic heterocycles. The summed E-state index contributed by atoms with van der Waals surface area (Å²) in [4.78, 5) is 0. The van der Waals surface area contributed by atoms with Crippen LogP contribution in [0.1, 0.15) is 30.9 Å². The first-order chi connectivity index (χ1) is 10.2. The third-order valence-corrected chi connectivity index (χ3v) is 3.43. The van der Waals surface area contributed by atoms with E-state index < -0.39 is 0 Å². The van der Waals surface area contributed by atoms with Crippen LogP contribution in [0.4, 0.5) is 5.69 Å². The topological polar surface area (TPSA) is 56.5 Å². The van der Waals surface area contributed by atoms with E-state index in [1.807, 2.05) is 26.0 Å². The third-order valence-electron chi connectivity index (χ3n) is 3.43. The van der Waals surface area contributed by atoms with Crippen molar-refractivity contribution in [3.05, 3.63) is 35.2 Å². The summed E-state index contributed by atoms with van der Waals surface area (Å²) in [6.07, 6.45) is 1.15. The fraction of sp³-hybridized carbons (Fsp3) is 0.438. The fourth-order valence-corrected chi connectivity index (χ4v) is 2.54. The molecule has 112 valence electrons. The van der Waals surface area contributed by atoms with Crippen LogP contribution in [0.2, 0.25) is 0 Å². The maximum atomic E-state index is 5.81. The first-order valence-corrected chi connectivity index (χ1v) is 7.28. The zero-order chi connectivity index (χ0) is 14.8. The molecule has 1 unspecified atom stereocenters. The molecule has 2 heterocycles. The summed E-state index contributed by atoms with van der Waals surface area (Å²) in [5, 5.41) is 7.33. The molecular weight excluding hydrogens is 268 g/mol. The van der Waals surface area contributed by atoms with Crippen molar-refractivity contribution in [3.63, 3.8) is 0 Å². The van der Waals surface area contributed by atoms with E-state index in [0.29, 0.717) is 13.2 Å². The van der Waals surface area contributed by atoms with Crippen molar-refractivity contribution in [2.75, 3.05) is 11.9 Å². The van der Waals surface area contributed by atoms with Gasteiger partial charge >= 0.3 is 0 Å². The summed E-state index contributed by atoms with van der Waals surface area (Å²) in [6, 6.07) is 5.99. The number of aromatic nitrogens is 1. The zero-order valence-electron chi connectivity index (χ0n) is 12.6. The molecular formula is C16H20N2O3. The molecule has 2 aromatic rings. The van der Waals surface area contributed by atoms with Crippen LogP contribution >= 0.6 is 0 Å². The molecule has 0 spiro atoms. The van der Waals surface area contributed by atoms with Gasteiger partial charge in [-0.3, -0.25) is 0 Å². The molecule has 3 rings (SSSR count). The number of ether oxygens (including phenoxy) is 2. The standard InChI is InChI=1S/C16H20N2O3/c1-4-19-16-7-12-5-10(2)20-15(12)8-14(16)17-9-13-6-11(3)21-18-13/h6-8,10,17H,4-5,9H2,1-3H3. The Kier molecular flexibility index (Phi) is 3.73. The number of anilines is 1. The largest absolute Gasteiger partial charge is 0.492 e. The Morgan fingerprint density at radius 1 is 1.38 bits per heavy atom. The lowest BCUT2D eigenvalue weighted by Crippen LogP contribution is -2.05. The van der Waals surface area contributed by atoms with Gasteiger partial charge in [-0.15, -0.1) is 0 Å². The van der Waals surface area contributed by atoms with Crippen molar-refractivity contribution in [2.24, 2.45) is 0 Å². The summed E-state index contributed by atoms with van der Waals surface area (Å²) < 4.78 is 16.6. The lowest BCUT2D eigenvalue weighted by Gasteiger charge is -2.13. The summed E-state index contributed by atoms with van der Waals surface area (Å²) >= 11 is 0. The van der Waals surface area contributed by atoms with Gasteiger partial charge in [0.2, 0.25) is 0 Å². The van der Waals surface area contributed by atoms with E-state index in [1.54, 1.807) is 0 Å². The Balaban J connectivity index is 1.81. The van der Waals surface area contributed by atoms with Gasteiger partial charge in [0.15, 0.2) is 0 Å². The van der Waals surface area contributed by atoms with Crippen LogP contribution in [0, 0.1) is 6.92 Å². The number of hydrogen-bond acceptors (Lipinski definition) is 5. The van der Waals surface area contributed by atoms with Crippen LogP contribution in [0.25, 0.3) is 0 Å². The van der Waals surface area contributed by atoms with Crippen molar-refractivity contribution in [1.29, 1.82) is 0 Å². The molecule has 0 aliphatic carbocycles. The number of hydrogen-bond donors (Lipinski definition) is 1. The molecule has 0 amide bonds. The lowest BCUT2D eigenvalue weighted by molar-refractivity contribution is 0.254. The van der Waals surface area contributed by atoms with E-state index in [9.17, 15) is 0 Å². The Bertz CT molecular complexity index is 636. The van der Waals surface area contributed by atoms with Crippen LogP contribution < -0.4 is 14.8 Å². The highest BCUT2D eigenvalue weighted by Gasteiger charge is 2.21. The number of aryl methyl sites for hydroxylation is 1. The van der Waals surface area contributed by atoms with E-state index in [2.05, 4.69) is 23.5 Å². The van der Waals surface area contributed by atoms with Crippen molar-refractivity contribution >= 4 is 5.69 Å². The van der Waals surface area contributed by atoms with E-state index in [1.165, 1.54) is 5.56 Å². The maximum absolute atomic E-state index is 5.81. The SMILES string of the molecule is CCOc1cc2c(cc1NCc1cc(C)on1)OC(C)C2. The average Bonchev–Trinajstić information content (AvgIpc) is 3.01. The molecule has 1 N–H and O–H groups in total. The summed E-state index contributed by atoms with van der Waals surface area (Å²) in [5.74, 6) is 2.60. The summed E-state index contributed by atoms with van der Waals surface area (Å²) in [5.41, 5.74) is 2.99. The molecule has 0 bridgehead atoms. The zero-order valence-corrected chi connectivity index (χ0v) is 12.6. The molecule has 21 heavy (non-hydrogen) atoms. The average molecular weight is 288 g/mol. The van der Waals surface area contributed by atoms with Crippen molar-refractivity contribution < 1.29 is 14.0 Å². The molecule has 0 radical (unpaired) electrons. The molecule has 0 saturated heterocycles. The highest BCUT2D eigenvalue weighted by molar-refractivity contribution is 5.63. The number of rotatable bonds is 5. The molecule has 1 atom stereocenters. The van der Waals surface area contributed by atoms with Gasteiger partial charge < -0.3 is 19.3 Å². The van der Waals surface area contributed by atoms with E-state index in [-0.39, 0.29) is 6.10 Å². The van der Waals surface area contributed by atoms with Crippen LogP contribution in [-0.4, -0.2) is 17.9 Å². The Morgan fingerprint density at radius 2 is 2.24 bits per heavy atom. The molecule has 0 fully saturated rings. The van der Waals surface area contributed by atoms with Gasteiger partial charge in [-0.05, 0) is 26.8 Å². The summed E-state index contributed by atoms with van der Waals surface area (Å²) in [7, 11) is 0. The molecule has 1 aromatic heterocycles. The van der Waals surface area contributed by atoms with Crippen molar-refractivity contribution in [1.82, 2.24) is 5.16 Å². The first kappa shape index (κ1) is 13.8. The van der Waals surface area contributed by atoms with Gasteiger partial charge in [0.1, 0.15) is 29.1 Å². The van der Waals surface area contributed by atoms with Crippen LogP contribution in [0.15, 0.2) is 22.7 Å². The third kappa shape index (κ3) is 2.96.